The van der Waals surface area contributed by atoms with E-state index >= 15 is 0 Å². The van der Waals surface area contributed by atoms with Gasteiger partial charge < -0.3 is 10.4 Å². The molecular weight excluding hydrogens is 266 g/mol. The molecule has 2 N–H and O–H groups in total. The molecule has 0 saturated heterocycles. The zero-order chi connectivity index (χ0) is 13.8. The first kappa shape index (κ1) is 13.7. The second-order valence-electron chi connectivity index (χ2n) is 4.20. The number of hydrogen-bond acceptors (Lipinski definition) is 6. The van der Waals surface area contributed by atoms with E-state index in [0.29, 0.717) is 30.6 Å². The van der Waals surface area contributed by atoms with Gasteiger partial charge in [-0.2, -0.15) is 0 Å². The minimum Gasteiger partial charge on any atom is -0.393 e. The Labute approximate surface area is 114 Å². The molecule has 0 aliphatic carbocycles. The molecule has 102 valence electrons. The molecule has 2 rings (SSSR count). The van der Waals surface area contributed by atoms with Gasteiger partial charge in [-0.05, 0) is 25.0 Å². The first-order chi connectivity index (χ1) is 9.13. The summed E-state index contributed by atoms with van der Waals surface area (Å²) in [7, 11) is 0. The standard InChI is InChI=1S/C12H15N3O3S/c1-2-8(16)5-6-13-9-3-4-10-11(14-7-19-10)12(9)15(17)18/h3-4,7-8,13,16H,2,5-6H2,1H3. The Kier molecular flexibility index (Phi) is 4.28. The maximum absolute atomic E-state index is 11.2. The molecule has 0 spiro atoms. The molecule has 0 aliphatic heterocycles. The second-order valence-corrected chi connectivity index (χ2v) is 5.08. The van der Waals surface area contributed by atoms with Gasteiger partial charge in [0.1, 0.15) is 5.69 Å². The highest BCUT2D eigenvalue weighted by Gasteiger charge is 2.20. The number of nitro benzene ring substituents is 1. The Hall–Kier alpha value is -1.73. The van der Waals surface area contributed by atoms with Gasteiger partial charge in [-0.1, -0.05) is 6.92 Å². The number of aromatic nitrogens is 1. The fraction of sp³-hybridized carbons (Fsp3) is 0.417. The van der Waals surface area contributed by atoms with Crippen LogP contribution in [-0.2, 0) is 0 Å². The van der Waals surface area contributed by atoms with Crippen LogP contribution < -0.4 is 5.32 Å². The van der Waals surface area contributed by atoms with Crippen LogP contribution in [0.15, 0.2) is 17.6 Å². The summed E-state index contributed by atoms with van der Waals surface area (Å²) in [6.45, 7) is 2.39. The first-order valence-electron chi connectivity index (χ1n) is 6.06. The zero-order valence-electron chi connectivity index (χ0n) is 10.5. The van der Waals surface area contributed by atoms with Gasteiger partial charge in [0.15, 0.2) is 5.52 Å². The molecule has 0 fully saturated rings. The highest BCUT2D eigenvalue weighted by atomic mass is 32.1. The van der Waals surface area contributed by atoms with E-state index in [4.69, 9.17) is 0 Å². The SMILES string of the molecule is CCC(O)CCNc1ccc2scnc2c1[N+](=O)[O-]. The van der Waals surface area contributed by atoms with E-state index in [1.807, 2.05) is 13.0 Å². The number of aliphatic hydroxyl groups excluding tert-OH is 1. The van der Waals surface area contributed by atoms with Gasteiger partial charge in [-0.25, -0.2) is 4.98 Å². The molecule has 0 saturated carbocycles. The van der Waals surface area contributed by atoms with Crippen molar-refractivity contribution in [2.45, 2.75) is 25.9 Å². The van der Waals surface area contributed by atoms with E-state index in [9.17, 15) is 15.2 Å². The Morgan fingerprint density at radius 2 is 2.37 bits per heavy atom. The highest BCUT2D eigenvalue weighted by molar-refractivity contribution is 7.16. The summed E-state index contributed by atoms with van der Waals surface area (Å²) in [5, 5.41) is 23.6. The van der Waals surface area contributed by atoms with E-state index in [-0.39, 0.29) is 11.8 Å². The minimum atomic E-state index is -0.416. The summed E-state index contributed by atoms with van der Waals surface area (Å²) in [5.41, 5.74) is 2.47. The summed E-state index contributed by atoms with van der Waals surface area (Å²) in [5.74, 6) is 0. The third-order valence-corrected chi connectivity index (χ3v) is 3.72. The van der Waals surface area contributed by atoms with E-state index in [1.165, 1.54) is 11.3 Å². The molecule has 1 heterocycles. The van der Waals surface area contributed by atoms with Crippen LogP contribution in [0.25, 0.3) is 10.2 Å². The van der Waals surface area contributed by atoms with Crippen LogP contribution in [0.4, 0.5) is 11.4 Å². The highest BCUT2D eigenvalue weighted by Crippen LogP contribution is 2.34. The Morgan fingerprint density at radius 3 is 3.05 bits per heavy atom. The van der Waals surface area contributed by atoms with Crippen LogP contribution in [0.3, 0.4) is 0 Å². The molecule has 0 bridgehead atoms. The molecule has 7 heteroatoms. The van der Waals surface area contributed by atoms with Crippen LogP contribution in [0, 0.1) is 10.1 Å². The van der Waals surface area contributed by atoms with Crippen LogP contribution in [-0.4, -0.2) is 27.7 Å². The normalized spacial score (nSPS) is 12.5. The van der Waals surface area contributed by atoms with Crippen LogP contribution in [0.1, 0.15) is 19.8 Å². The van der Waals surface area contributed by atoms with E-state index in [2.05, 4.69) is 10.3 Å². The van der Waals surface area contributed by atoms with Gasteiger partial charge in [0.25, 0.3) is 0 Å². The Morgan fingerprint density at radius 1 is 1.58 bits per heavy atom. The molecule has 1 aromatic heterocycles. The summed E-state index contributed by atoms with van der Waals surface area (Å²) in [6, 6.07) is 3.51. The molecule has 1 atom stereocenters. The van der Waals surface area contributed by atoms with Gasteiger partial charge in [-0.3, -0.25) is 10.1 Å². The van der Waals surface area contributed by atoms with Gasteiger partial charge in [0.05, 0.1) is 21.2 Å². The van der Waals surface area contributed by atoms with Crippen molar-refractivity contribution in [1.82, 2.24) is 4.98 Å². The zero-order valence-corrected chi connectivity index (χ0v) is 11.3. The van der Waals surface area contributed by atoms with Crippen LogP contribution in [0.2, 0.25) is 0 Å². The van der Waals surface area contributed by atoms with Crippen molar-refractivity contribution in [1.29, 1.82) is 0 Å². The lowest BCUT2D eigenvalue weighted by molar-refractivity contribution is -0.382. The fourth-order valence-electron chi connectivity index (χ4n) is 1.82. The smallest absolute Gasteiger partial charge is 0.319 e. The maximum atomic E-state index is 11.2. The molecule has 1 aromatic carbocycles. The third kappa shape index (κ3) is 2.99. The fourth-order valence-corrected chi connectivity index (χ4v) is 2.50. The average Bonchev–Trinajstić information content (AvgIpc) is 2.85. The molecule has 0 amide bonds. The van der Waals surface area contributed by atoms with Crippen LogP contribution in [0.5, 0.6) is 0 Å². The number of hydrogen-bond donors (Lipinski definition) is 2. The van der Waals surface area contributed by atoms with Crippen molar-refractivity contribution >= 4 is 32.9 Å². The third-order valence-electron chi connectivity index (χ3n) is 2.92. The number of anilines is 1. The summed E-state index contributed by atoms with van der Waals surface area (Å²) >= 11 is 1.38. The van der Waals surface area contributed by atoms with Crippen molar-refractivity contribution in [2.75, 3.05) is 11.9 Å². The predicted molar refractivity (Wildman–Crippen MR) is 75.7 cm³/mol. The Balaban J connectivity index is 2.22. The number of fused-ring (bicyclic) bond motifs is 1. The molecular formula is C12H15N3O3S. The molecule has 0 aliphatic rings. The number of rotatable bonds is 6. The lowest BCUT2D eigenvalue weighted by Gasteiger charge is -2.10. The lowest BCUT2D eigenvalue weighted by atomic mass is 10.2. The number of nitrogens with one attached hydrogen (secondary N) is 1. The van der Waals surface area contributed by atoms with Crippen molar-refractivity contribution in [3.8, 4) is 0 Å². The maximum Gasteiger partial charge on any atom is 0.319 e. The van der Waals surface area contributed by atoms with E-state index < -0.39 is 4.92 Å². The van der Waals surface area contributed by atoms with Gasteiger partial charge in [0.2, 0.25) is 0 Å². The molecule has 1 unspecified atom stereocenters. The van der Waals surface area contributed by atoms with Crippen molar-refractivity contribution in [2.24, 2.45) is 0 Å². The molecule has 0 radical (unpaired) electrons. The van der Waals surface area contributed by atoms with Crippen molar-refractivity contribution < 1.29 is 10.0 Å². The predicted octanol–water partition coefficient (Wildman–Crippen LogP) is 2.78. The van der Waals surface area contributed by atoms with Crippen molar-refractivity contribution in [3.63, 3.8) is 0 Å². The number of aliphatic hydroxyl groups is 1. The molecule has 2 aromatic rings. The van der Waals surface area contributed by atoms with E-state index in [1.54, 1.807) is 11.6 Å². The second kappa shape index (κ2) is 5.94. The Bertz CT molecular complexity index is 585. The van der Waals surface area contributed by atoms with E-state index in [0.717, 1.165) is 4.70 Å². The quantitative estimate of drug-likeness (QED) is 0.628. The van der Waals surface area contributed by atoms with Gasteiger partial charge in [0, 0.05) is 6.54 Å². The van der Waals surface area contributed by atoms with Gasteiger partial charge >= 0.3 is 5.69 Å². The molecule has 19 heavy (non-hydrogen) atoms. The summed E-state index contributed by atoms with van der Waals surface area (Å²) in [6.07, 6.45) is 0.854. The topological polar surface area (TPSA) is 88.3 Å². The molecule has 6 nitrogen and oxygen atoms in total. The number of nitro groups is 1. The first-order valence-corrected chi connectivity index (χ1v) is 6.94. The number of nitrogens with zero attached hydrogens (tertiary/aromatic N) is 2. The lowest BCUT2D eigenvalue weighted by Crippen LogP contribution is -2.13. The largest absolute Gasteiger partial charge is 0.393 e. The van der Waals surface area contributed by atoms with Gasteiger partial charge in [-0.15, -0.1) is 11.3 Å². The number of thiazole rings is 1. The number of benzene rings is 1. The average molecular weight is 281 g/mol. The monoisotopic (exact) mass is 281 g/mol. The summed E-state index contributed by atoms with van der Waals surface area (Å²) < 4.78 is 0.797. The van der Waals surface area contributed by atoms with Crippen LogP contribution >= 0.6 is 11.3 Å². The minimum absolute atomic E-state index is 0.00439. The summed E-state index contributed by atoms with van der Waals surface area (Å²) in [4.78, 5) is 14.8. The van der Waals surface area contributed by atoms with Crippen molar-refractivity contribution in [3.05, 3.63) is 27.8 Å².